The number of sulfonamides is 1. The fraction of sp³-hybridized carbons (Fsp3) is 0. The van der Waals surface area contributed by atoms with Gasteiger partial charge in [-0.15, -0.1) is 4.83 Å². The molecule has 1 amide bonds. The second-order valence-electron chi connectivity index (χ2n) is 6.09. The van der Waals surface area contributed by atoms with Crippen LogP contribution in [-0.4, -0.2) is 24.5 Å². The van der Waals surface area contributed by atoms with Crippen LogP contribution in [0.15, 0.2) is 83.9 Å². The van der Waals surface area contributed by atoms with Gasteiger partial charge in [0.25, 0.3) is 15.9 Å². The van der Waals surface area contributed by atoms with Crippen molar-refractivity contribution in [3.63, 3.8) is 0 Å². The number of aromatic nitrogens is 2. The first-order chi connectivity index (χ1) is 13.5. The molecule has 0 saturated carbocycles. The van der Waals surface area contributed by atoms with E-state index in [-0.39, 0.29) is 4.90 Å². The van der Waals surface area contributed by atoms with Crippen LogP contribution in [0.25, 0.3) is 22.0 Å². The number of carbonyl (C=O) groups excluding carboxylic acids is 1. The molecule has 0 radical (unpaired) electrons. The van der Waals surface area contributed by atoms with Crippen LogP contribution in [0.2, 0.25) is 0 Å². The molecule has 0 aliphatic carbocycles. The molecule has 8 heteroatoms. The van der Waals surface area contributed by atoms with Gasteiger partial charge in [0.05, 0.1) is 22.2 Å². The average Bonchev–Trinajstić information content (AvgIpc) is 3.21. The molecule has 0 atom stereocenters. The summed E-state index contributed by atoms with van der Waals surface area (Å²) in [6.45, 7) is 0. The largest absolute Gasteiger partial charge is 0.278 e. The Kier molecular flexibility index (Phi) is 4.64. The minimum atomic E-state index is -3.87. The molecule has 1 heterocycles. The second-order valence-corrected chi connectivity index (χ2v) is 7.78. The van der Waals surface area contributed by atoms with Gasteiger partial charge >= 0.3 is 0 Å². The highest BCUT2D eigenvalue weighted by Crippen LogP contribution is 2.26. The number of aromatic amines is 1. The summed E-state index contributed by atoms with van der Waals surface area (Å²) < 4.78 is 24.7. The fourth-order valence-corrected chi connectivity index (χ4v) is 3.74. The van der Waals surface area contributed by atoms with Crippen molar-refractivity contribution >= 4 is 26.8 Å². The molecule has 0 saturated heterocycles. The van der Waals surface area contributed by atoms with Crippen LogP contribution in [0.4, 0.5) is 0 Å². The van der Waals surface area contributed by atoms with Crippen molar-refractivity contribution < 1.29 is 13.2 Å². The molecule has 0 unspecified atom stereocenters. The summed E-state index contributed by atoms with van der Waals surface area (Å²) >= 11 is 0. The number of hydrazine groups is 1. The molecule has 4 aromatic rings. The standard InChI is InChI=1S/C20H16N4O3S/c25-20(23-24-28(26,27)16-9-5-2-6-10-16)17-11-15(14-7-3-1-4-8-14)12-19-18(17)13-21-22-19/h1-13,24H,(H,21,22)(H,23,25). The number of carbonyl (C=O) groups is 1. The minimum absolute atomic E-state index is 0.0572. The molecule has 0 fully saturated rings. The monoisotopic (exact) mass is 392 g/mol. The van der Waals surface area contributed by atoms with Crippen molar-refractivity contribution in [2.45, 2.75) is 4.90 Å². The molecule has 0 bridgehead atoms. The van der Waals surface area contributed by atoms with Crippen LogP contribution in [0.3, 0.4) is 0 Å². The molecule has 0 aliphatic rings. The van der Waals surface area contributed by atoms with E-state index >= 15 is 0 Å². The van der Waals surface area contributed by atoms with E-state index in [0.717, 1.165) is 11.1 Å². The topological polar surface area (TPSA) is 104 Å². The molecule has 7 nitrogen and oxygen atoms in total. The summed E-state index contributed by atoms with van der Waals surface area (Å²) in [6, 6.07) is 21.0. The van der Waals surface area contributed by atoms with Gasteiger partial charge < -0.3 is 0 Å². The highest BCUT2D eigenvalue weighted by Gasteiger charge is 2.18. The predicted molar refractivity (Wildman–Crippen MR) is 106 cm³/mol. The number of nitrogens with one attached hydrogen (secondary N) is 3. The maximum atomic E-state index is 12.7. The van der Waals surface area contributed by atoms with Crippen molar-refractivity contribution in [2.75, 3.05) is 0 Å². The quantitative estimate of drug-likeness (QED) is 0.454. The van der Waals surface area contributed by atoms with E-state index < -0.39 is 15.9 Å². The van der Waals surface area contributed by atoms with Crippen LogP contribution in [-0.2, 0) is 10.0 Å². The third-order valence-corrected chi connectivity index (χ3v) is 5.53. The number of hydrogen-bond donors (Lipinski definition) is 3. The van der Waals surface area contributed by atoms with Crippen LogP contribution < -0.4 is 10.3 Å². The van der Waals surface area contributed by atoms with Crippen LogP contribution in [0.1, 0.15) is 10.4 Å². The number of rotatable bonds is 5. The number of nitrogens with zero attached hydrogens (tertiary/aromatic N) is 1. The molecule has 4 rings (SSSR count). The van der Waals surface area contributed by atoms with Crippen LogP contribution in [0, 0.1) is 0 Å². The molecule has 0 spiro atoms. The van der Waals surface area contributed by atoms with Crippen LogP contribution >= 0.6 is 0 Å². The predicted octanol–water partition coefficient (Wildman–Crippen LogP) is 2.85. The van der Waals surface area contributed by atoms with Gasteiger partial charge in [0, 0.05) is 5.39 Å². The first-order valence-electron chi connectivity index (χ1n) is 8.44. The molecular weight excluding hydrogens is 376 g/mol. The lowest BCUT2D eigenvalue weighted by atomic mass is 10.00. The average molecular weight is 392 g/mol. The Hall–Kier alpha value is -3.49. The molecular formula is C20H16N4O3S. The molecule has 28 heavy (non-hydrogen) atoms. The number of benzene rings is 3. The number of H-pyrrole nitrogens is 1. The third kappa shape index (κ3) is 3.51. The van der Waals surface area contributed by atoms with Crippen molar-refractivity contribution in [2.24, 2.45) is 0 Å². The number of fused-ring (bicyclic) bond motifs is 1. The lowest BCUT2D eigenvalue weighted by Crippen LogP contribution is -2.41. The summed E-state index contributed by atoms with van der Waals surface area (Å²) in [6.07, 6.45) is 1.53. The van der Waals surface area contributed by atoms with Crippen molar-refractivity contribution in [3.05, 3.63) is 84.6 Å². The number of hydrogen-bond acceptors (Lipinski definition) is 4. The first-order valence-corrected chi connectivity index (χ1v) is 9.93. The Labute approximate surface area is 161 Å². The van der Waals surface area contributed by atoms with E-state index in [9.17, 15) is 13.2 Å². The van der Waals surface area contributed by atoms with E-state index in [2.05, 4.69) is 20.5 Å². The highest BCUT2D eigenvalue weighted by molar-refractivity contribution is 7.89. The lowest BCUT2D eigenvalue weighted by molar-refractivity contribution is 0.0947. The molecule has 140 valence electrons. The van der Waals surface area contributed by atoms with Gasteiger partial charge in [-0.1, -0.05) is 48.5 Å². The van der Waals surface area contributed by atoms with E-state index in [4.69, 9.17) is 0 Å². The Morgan fingerprint density at radius 2 is 1.57 bits per heavy atom. The third-order valence-electron chi connectivity index (χ3n) is 4.26. The Bertz CT molecular complexity index is 1240. The first kappa shape index (κ1) is 17.9. The highest BCUT2D eigenvalue weighted by atomic mass is 32.2. The minimum Gasteiger partial charge on any atom is -0.278 e. The normalized spacial score (nSPS) is 11.4. The molecule has 3 N–H and O–H groups in total. The van der Waals surface area contributed by atoms with Crippen molar-refractivity contribution in [1.29, 1.82) is 0 Å². The summed E-state index contributed by atoms with van der Waals surface area (Å²) in [5.74, 6) is -0.580. The Balaban J connectivity index is 1.65. The van der Waals surface area contributed by atoms with E-state index in [1.54, 1.807) is 24.3 Å². The summed E-state index contributed by atoms with van der Waals surface area (Å²) in [7, 11) is -3.87. The molecule has 1 aromatic heterocycles. The van der Waals surface area contributed by atoms with Crippen molar-refractivity contribution in [1.82, 2.24) is 20.5 Å². The zero-order valence-electron chi connectivity index (χ0n) is 14.6. The zero-order chi connectivity index (χ0) is 19.6. The van der Waals surface area contributed by atoms with Gasteiger partial charge in [-0.2, -0.15) is 5.10 Å². The fourth-order valence-electron chi connectivity index (χ4n) is 2.88. The van der Waals surface area contributed by atoms with Gasteiger partial charge in [0.1, 0.15) is 0 Å². The maximum absolute atomic E-state index is 12.7. The smallest absolute Gasteiger partial charge is 0.267 e. The van der Waals surface area contributed by atoms with Gasteiger partial charge in [-0.3, -0.25) is 15.3 Å². The lowest BCUT2D eigenvalue weighted by Gasteiger charge is -2.10. The van der Waals surface area contributed by atoms with E-state index in [1.807, 2.05) is 36.4 Å². The van der Waals surface area contributed by atoms with Gasteiger partial charge in [-0.25, -0.2) is 8.42 Å². The van der Waals surface area contributed by atoms with Crippen molar-refractivity contribution in [3.8, 4) is 11.1 Å². The molecule has 3 aromatic carbocycles. The Morgan fingerprint density at radius 3 is 2.29 bits per heavy atom. The van der Waals surface area contributed by atoms with Gasteiger partial charge in [0.15, 0.2) is 0 Å². The summed E-state index contributed by atoms with van der Waals surface area (Å²) in [5.41, 5.74) is 5.01. The second kappa shape index (κ2) is 7.26. The summed E-state index contributed by atoms with van der Waals surface area (Å²) in [5, 5.41) is 7.44. The maximum Gasteiger partial charge on any atom is 0.267 e. The summed E-state index contributed by atoms with van der Waals surface area (Å²) in [4.78, 5) is 14.9. The Morgan fingerprint density at radius 1 is 0.893 bits per heavy atom. The number of amides is 1. The zero-order valence-corrected chi connectivity index (χ0v) is 15.4. The molecule has 0 aliphatic heterocycles. The van der Waals surface area contributed by atoms with E-state index in [0.29, 0.717) is 16.5 Å². The SMILES string of the molecule is O=C(NNS(=O)(=O)c1ccccc1)c1cc(-c2ccccc2)cc2[nH]ncc12. The van der Waals surface area contributed by atoms with Gasteiger partial charge in [-0.05, 0) is 35.4 Å². The van der Waals surface area contributed by atoms with E-state index in [1.165, 1.54) is 18.3 Å². The van der Waals surface area contributed by atoms with Crippen LogP contribution in [0.5, 0.6) is 0 Å². The van der Waals surface area contributed by atoms with Gasteiger partial charge in [0.2, 0.25) is 0 Å².